The summed E-state index contributed by atoms with van der Waals surface area (Å²) in [5, 5.41) is 9.72. The highest BCUT2D eigenvalue weighted by molar-refractivity contribution is 5.89. The molecule has 0 saturated carbocycles. The summed E-state index contributed by atoms with van der Waals surface area (Å²) in [6.07, 6.45) is 1.57. The van der Waals surface area contributed by atoms with Crippen LogP contribution in [0.15, 0.2) is 42.5 Å². The Kier molecular flexibility index (Phi) is 6.67. The number of ether oxygens (including phenoxy) is 2. The fourth-order valence-electron chi connectivity index (χ4n) is 4.19. The van der Waals surface area contributed by atoms with E-state index in [9.17, 15) is 9.90 Å². The van der Waals surface area contributed by atoms with E-state index in [0.29, 0.717) is 12.2 Å². The number of hydrogen-bond donors (Lipinski definition) is 1. The summed E-state index contributed by atoms with van der Waals surface area (Å²) in [6, 6.07) is 14.1. The van der Waals surface area contributed by atoms with E-state index in [2.05, 4.69) is 28.0 Å². The highest BCUT2D eigenvalue weighted by Crippen LogP contribution is 2.26. The standard InChI is InChI=1S/C24H30N2O4/c1-29-24(28)20-5-2-18(3-6-20)15-26-12-13-30-23-7-4-19(14-21(23)17-26)16-25-10-8-22(27)9-11-25/h2-7,14,22,27H,8-13,15-17H2,1H3. The largest absolute Gasteiger partial charge is 0.492 e. The first-order valence-corrected chi connectivity index (χ1v) is 10.7. The quantitative estimate of drug-likeness (QED) is 0.765. The van der Waals surface area contributed by atoms with Gasteiger partial charge in [0.15, 0.2) is 0 Å². The van der Waals surface area contributed by atoms with Crippen molar-refractivity contribution in [3.8, 4) is 5.75 Å². The minimum absolute atomic E-state index is 0.142. The highest BCUT2D eigenvalue weighted by Gasteiger charge is 2.19. The van der Waals surface area contributed by atoms with Crippen LogP contribution >= 0.6 is 0 Å². The van der Waals surface area contributed by atoms with Crippen LogP contribution < -0.4 is 4.74 Å². The fourth-order valence-corrected chi connectivity index (χ4v) is 4.19. The molecule has 0 radical (unpaired) electrons. The van der Waals surface area contributed by atoms with Crippen LogP contribution in [-0.4, -0.2) is 60.3 Å². The minimum Gasteiger partial charge on any atom is -0.492 e. The number of fused-ring (bicyclic) bond motifs is 1. The molecular weight excluding hydrogens is 380 g/mol. The number of benzene rings is 2. The molecule has 30 heavy (non-hydrogen) atoms. The lowest BCUT2D eigenvalue weighted by Crippen LogP contribution is -2.35. The van der Waals surface area contributed by atoms with Gasteiger partial charge < -0.3 is 14.6 Å². The third kappa shape index (κ3) is 5.19. The molecule has 0 atom stereocenters. The average Bonchev–Trinajstić information content (AvgIpc) is 2.96. The molecule has 1 N–H and O–H groups in total. The summed E-state index contributed by atoms with van der Waals surface area (Å²) in [5.74, 6) is 0.658. The first-order chi connectivity index (χ1) is 14.6. The lowest BCUT2D eigenvalue weighted by atomic mass is 10.0. The van der Waals surface area contributed by atoms with E-state index in [1.165, 1.54) is 18.2 Å². The number of rotatable bonds is 5. The van der Waals surface area contributed by atoms with Gasteiger partial charge in [-0.3, -0.25) is 9.80 Å². The number of methoxy groups -OCH3 is 1. The van der Waals surface area contributed by atoms with E-state index in [1.54, 1.807) is 0 Å². The molecule has 0 aliphatic carbocycles. The van der Waals surface area contributed by atoms with Gasteiger partial charge in [0.1, 0.15) is 12.4 Å². The molecule has 6 nitrogen and oxygen atoms in total. The van der Waals surface area contributed by atoms with Crippen LogP contribution in [0.1, 0.15) is 39.9 Å². The molecule has 0 amide bonds. The van der Waals surface area contributed by atoms with Crippen LogP contribution in [0.5, 0.6) is 5.75 Å². The van der Waals surface area contributed by atoms with Crippen LogP contribution in [0.2, 0.25) is 0 Å². The average molecular weight is 411 g/mol. The molecule has 0 bridgehead atoms. The van der Waals surface area contributed by atoms with Gasteiger partial charge >= 0.3 is 5.97 Å². The van der Waals surface area contributed by atoms with Crippen molar-refractivity contribution in [1.82, 2.24) is 9.80 Å². The third-order valence-electron chi connectivity index (χ3n) is 5.93. The summed E-state index contributed by atoms with van der Waals surface area (Å²) in [6.45, 7) is 5.96. The number of carbonyl (C=O) groups excluding carboxylic acids is 1. The van der Waals surface area contributed by atoms with Crippen LogP contribution in [0.3, 0.4) is 0 Å². The van der Waals surface area contributed by atoms with Crippen molar-refractivity contribution in [3.63, 3.8) is 0 Å². The summed E-state index contributed by atoms with van der Waals surface area (Å²) >= 11 is 0. The molecule has 160 valence electrons. The van der Waals surface area contributed by atoms with Crippen molar-refractivity contribution in [2.75, 3.05) is 33.4 Å². The number of carbonyl (C=O) groups is 1. The van der Waals surface area contributed by atoms with Crippen molar-refractivity contribution in [3.05, 3.63) is 64.7 Å². The zero-order valence-corrected chi connectivity index (χ0v) is 17.5. The predicted molar refractivity (Wildman–Crippen MR) is 114 cm³/mol. The lowest BCUT2D eigenvalue weighted by Gasteiger charge is -2.29. The number of nitrogens with zero attached hydrogens (tertiary/aromatic N) is 2. The second-order valence-electron chi connectivity index (χ2n) is 8.20. The van der Waals surface area contributed by atoms with Gasteiger partial charge in [0.05, 0.1) is 18.8 Å². The molecule has 2 aliphatic heterocycles. The smallest absolute Gasteiger partial charge is 0.337 e. The lowest BCUT2D eigenvalue weighted by molar-refractivity contribution is 0.0600. The normalized spacial score (nSPS) is 18.3. The van der Waals surface area contributed by atoms with E-state index in [4.69, 9.17) is 9.47 Å². The van der Waals surface area contributed by atoms with Crippen LogP contribution in [0.25, 0.3) is 0 Å². The van der Waals surface area contributed by atoms with Gasteiger partial charge in [0, 0.05) is 44.8 Å². The molecule has 1 fully saturated rings. The van der Waals surface area contributed by atoms with Gasteiger partial charge in [-0.2, -0.15) is 0 Å². The Morgan fingerprint density at radius 2 is 1.73 bits per heavy atom. The summed E-state index contributed by atoms with van der Waals surface area (Å²) < 4.78 is 10.8. The first kappa shape index (κ1) is 20.8. The van der Waals surface area contributed by atoms with Gasteiger partial charge in [0.2, 0.25) is 0 Å². The van der Waals surface area contributed by atoms with E-state index in [0.717, 1.165) is 63.4 Å². The molecule has 2 aliphatic rings. The highest BCUT2D eigenvalue weighted by atomic mass is 16.5. The molecular formula is C24H30N2O4. The van der Waals surface area contributed by atoms with E-state index < -0.39 is 0 Å². The maximum absolute atomic E-state index is 11.6. The molecule has 2 aromatic rings. The predicted octanol–water partition coefficient (Wildman–Crippen LogP) is 2.82. The Labute approximate surface area is 178 Å². The third-order valence-corrected chi connectivity index (χ3v) is 5.93. The maximum atomic E-state index is 11.6. The number of aliphatic hydroxyl groups is 1. The Morgan fingerprint density at radius 3 is 2.47 bits per heavy atom. The molecule has 0 unspecified atom stereocenters. The summed E-state index contributed by atoms with van der Waals surface area (Å²) in [7, 11) is 1.40. The second kappa shape index (κ2) is 9.60. The zero-order valence-electron chi connectivity index (χ0n) is 17.5. The van der Waals surface area contributed by atoms with Gasteiger partial charge in [-0.05, 0) is 48.2 Å². The monoisotopic (exact) mass is 410 g/mol. The van der Waals surface area contributed by atoms with Crippen LogP contribution in [-0.2, 0) is 24.4 Å². The van der Waals surface area contributed by atoms with Gasteiger partial charge in [-0.15, -0.1) is 0 Å². The summed E-state index contributed by atoms with van der Waals surface area (Å²) in [4.78, 5) is 16.4. The van der Waals surface area contributed by atoms with Crippen molar-refractivity contribution >= 4 is 5.97 Å². The van der Waals surface area contributed by atoms with Gasteiger partial charge in [0.25, 0.3) is 0 Å². The number of aliphatic hydroxyl groups excluding tert-OH is 1. The van der Waals surface area contributed by atoms with Crippen molar-refractivity contribution < 1.29 is 19.4 Å². The molecule has 0 spiro atoms. The molecule has 2 heterocycles. The number of hydrogen-bond acceptors (Lipinski definition) is 6. The molecule has 2 aromatic carbocycles. The zero-order chi connectivity index (χ0) is 20.9. The van der Waals surface area contributed by atoms with Crippen molar-refractivity contribution in [2.45, 2.75) is 38.6 Å². The van der Waals surface area contributed by atoms with Crippen molar-refractivity contribution in [2.24, 2.45) is 0 Å². The number of piperidine rings is 1. The molecule has 1 saturated heterocycles. The first-order valence-electron chi connectivity index (χ1n) is 10.7. The molecule has 6 heteroatoms. The van der Waals surface area contributed by atoms with E-state index >= 15 is 0 Å². The Balaban J connectivity index is 1.41. The summed E-state index contributed by atoms with van der Waals surface area (Å²) in [5.41, 5.74) is 4.24. The number of likely N-dealkylation sites (tertiary alicyclic amines) is 1. The maximum Gasteiger partial charge on any atom is 0.337 e. The van der Waals surface area contributed by atoms with E-state index in [-0.39, 0.29) is 12.1 Å². The van der Waals surface area contributed by atoms with Gasteiger partial charge in [-0.25, -0.2) is 4.79 Å². The van der Waals surface area contributed by atoms with Crippen LogP contribution in [0.4, 0.5) is 0 Å². The van der Waals surface area contributed by atoms with Crippen molar-refractivity contribution in [1.29, 1.82) is 0 Å². The fraction of sp³-hybridized carbons (Fsp3) is 0.458. The molecule has 0 aromatic heterocycles. The van der Waals surface area contributed by atoms with Crippen LogP contribution in [0, 0.1) is 0 Å². The van der Waals surface area contributed by atoms with E-state index in [1.807, 2.05) is 24.3 Å². The minimum atomic E-state index is -0.311. The second-order valence-corrected chi connectivity index (χ2v) is 8.20. The number of esters is 1. The topological polar surface area (TPSA) is 62.2 Å². The Bertz CT molecular complexity index is 860. The Morgan fingerprint density at radius 1 is 1.03 bits per heavy atom. The van der Waals surface area contributed by atoms with Gasteiger partial charge in [-0.1, -0.05) is 18.2 Å². The Hall–Kier alpha value is -2.41. The SMILES string of the molecule is COC(=O)c1ccc(CN2CCOc3ccc(CN4CCC(O)CC4)cc3C2)cc1. The molecule has 4 rings (SSSR count).